The van der Waals surface area contributed by atoms with Gasteiger partial charge in [-0.3, -0.25) is 9.79 Å². The molecule has 1 heterocycles. The molecule has 170 valence electrons. The molecule has 1 fully saturated rings. The Labute approximate surface area is 189 Å². The first kappa shape index (κ1) is 22.0. The van der Waals surface area contributed by atoms with Gasteiger partial charge in [0.2, 0.25) is 5.91 Å². The second-order valence-corrected chi connectivity index (χ2v) is 8.35. The highest BCUT2D eigenvalue weighted by molar-refractivity contribution is 5.94. The Morgan fingerprint density at radius 2 is 1.94 bits per heavy atom. The summed E-state index contributed by atoms with van der Waals surface area (Å²) in [6, 6.07) is 14.0. The molecule has 1 saturated carbocycles. The van der Waals surface area contributed by atoms with Crippen molar-refractivity contribution in [3.8, 4) is 11.5 Å². The average molecular weight is 437 g/mol. The highest BCUT2D eigenvalue weighted by atomic mass is 16.5. The van der Waals surface area contributed by atoms with Gasteiger partial charge in [0.1, 0.15) is 0 Å². The fourth-order valence-electron chi connectivity index (χ4n) is 4.42. The number of rotatable bonds is 7. The summed E-state index contributed by atoms with van der Waals surface area (Å²) in [6.07, 6.45) is 5.39. The van der Waals surface area contributed by atoms with E-state index in [9.17, 15) is 4.79 Å². The molecule has 1 atom stereocenters. The first-order chi connectivity index (χ1) is 15.7. The number of anilines is 1. The number of carbonyl (C=O) groups is 1. The second kappa shape index (κ2) is 10.4. The Kier molecular flexibility index (Phi) is 7.14. The number of guanidine groups is 1. The number of carbonyl (C=O) groups excluding carboxylic acids is 1. The van der Waals surface area contributed by atoms with E-state index in [-0.39, 0.29) is 17.9 Å². The molecule has 2 aliphatic rings. The number of nitrogens with one attached hydrogen (secondary N) is 3. The minimum absolute atomic E-state index is 0.0477. The Morgan fingerprint density at radius 3 is 2.72 bits per heavy atom. The molecule has 2 aromatic carbocycles. The summed E-state index contributed by atoms with van der Waals surface area (Å²) in [6.45, 7) is 1.23. The van der Waals surface area contributed by atoms with Crippen LogP contribution in [0.5, 0.6) is 11.5 Å². The maximum Gasteiger partial charge on any atom is 0.225 e. The normalized spacial score (nSPS) is 18.6. The molecular weight excluding hydrogens is 404 g/mol. The highest BCUT2D eigenvalue weighted by Gasteiger charge is 2.24. The van der Waals surface area contributed by atoms with Gasteiger partial charge in [-0.25, -0.2) is 0 Å². The number of nitrogens with zero attached hydrogens (tertiary/aromatic N) is 1. The standard InChI is InChI=1S/C25H32N4O3/c1-26-25(28-16-18-14-24(30)29-21-10-6-5-9-20(18)21)27-15-17-11-12-22(31-2)23(13-17)32-19-7-3-4-8-19/h5-6,9-13,18-19H,3-4,7-8,14-16H2,1-2H3,(H,29,30)(H2,26,27,28). The molecule has 2 aromatic rings. The topological polar surface area (TPSA) is 84.0 Å². The fourth-order valence-corrected chi connectivity index (χ4v) is 4.42. The largest absolute Gasteiger partial charge is 0.493 e. The van der Waals surface area contributed by atoms with Gasteiger partial charge >= 0.3 is 0 Å². The molecule has 0 spiro atoms. The van der Waals surface area contributed by atoms with E-state index in [4.69, 9.17) is 9.47 Å². The predicted octanol–water partition coefficient (Wildman–Crippen LogP) is 3.81. The van der Waals surface area contributed by atoms with Gasteiger partial charge in [-0.1, -0.05) is 24.3 Å². The zero-order chi connectivity index (χ0) is 22.3. The smallest absolute Gasteiger partial charge is 0.225 e. The third-order valence-electron chi connectivity index (χ3n) is 6.13. The summed E-state index contributed by atoms with van der Waals surface area (Å²) >= 11 is 0. The van der Waals surface area contributed by atoms with Crippen molar-refractivity contribution >= 4 is 17.6 Å². The number of ether oxygens (including phenoxy) is 2. The van der Waals surface area contributed by atoms with Gasteiger partial charge in [0.25, 0.3) is 0 Å². The number of para-hydroxylation sites is 1. The van der Waals surface area contributed by atoms with Crippen molar-refractivity contribution in [2.75, 3.05) is 26.0 Å². The van der Waals surface area contributed by atoms with Gasteiger partial charge in [-0.2, -0.15) is 0 Å². The molecule has 0 radical (unpaired) electrons. The van der Waals surface area contributed by atoms with Crippen LogP contribution in [0.15, 0.2) is 47.5 Å². The van der Waals surface area contributed by atoms with E-state index in [0.717, 1.165) is 41.2 Å². The number of methoxy groups -OCH3 is 1. The van der Waals surface area contributed by atoms with Crippen LogP contribution in [0.3, 0.4) is 0 Å². The van der Waals surface area contributed by atoms with E-state index in [1.165, 1.54) is 12.8 Å². The van der Waals surface area contributed by atoms with E-state index in [0.29, 0.717) is 25.5 Å². The highest BCUT2D eigenvalue weighted by Crippen LogP contribution is 2.33. The van der Waals surface area contributed by atoms with Crippen LogP contribution in [0.1, 0.15) is 49.1 Å². The first-order valence-corrected chi connectivity index (χ1v) is 11.3. The molecule has 1 unspecified atom stereocenters. The van der Waals surface area contributed by atoms with Crippen LogP contribution in [0.4, 0.5) is 5.69 Å². The van der Waals surface area contributed by atoms with E-state index in [1.807, 2.05) is 36.4 Å². The summed E-state index contributed by atoms with van der Waals surface area (Å²) in [5, 5.41) is 9.67. The van der Waals surface area contributed by atoms with Crippen LogP contribution in [0.25, 0.3) is 0 Å². The van der Waals surface area contributed by atoms with Crippen LogP contribution >= 0.6 is 0 Å². The minimum atomic E-state index is 0.0477. The lowest BCUT2D eigenvalue weighted by molar-refractivity contribution is -0.116. The molecule has 7 nitrogen and oxygen atoms in total. The van der Waals surface area contributed by atoms with E-state index in [1.54, 1.807) is 14.2 Å². The van der Waals surface area contributed by atoms with Gasteiger partial charge < -0.3 is 25.4 Å². The molecular formula is C25H32N4O3. The van der Waals surface area contributed by atoms with E-state index in [2.05, 4.69) is 27.0 Å². The molecule has 0 bridgehead atoms. The number of benzene rings is 2. The van der Waals surface area contributed by atoms with Crippen molar-refractivity contribution in [3.63, 3.8) is 0 Å². The molecule has 32 heavy (non-hydrogen) atoms. The minimum Gasteiger partial charge on any atom is -0.493 e. The molecule has 1 amide bonds. The summed E-state index contributed by atoms with van der Waals surface area (Å²) in [5.41, 5.74) is 3.13. The zero-order valence-corrected chi connectivity index (χ0v) is 18.8. The lowest BCUT2D eigenvalue weighted by atomic mass is 9.90. The third kappa shape index (κ3) is 5.33. The Balaban J connectivity index is 1.35. The monoisotopic (exact) mass is 436 g/mol. The Morgan fingerprint density at radius 1 is 1.12 bits per heavy atom. The van der Waals surface area contributed by atoms with E-state index >= 15 is 0 Å². The van der Waals surface area contributed by atoms with Gasteiger partial charge in [-0.15, -0.1) is 0 Å². The quantitative estimate of drug-likeness (QED) is 0.454. The lowest BCUT2D eigenvalue weighted by Crippen LogP contribution is -2.40. The van der Waals surface area contributed by atoms with Crippen LogP contribution in [0.2, 0.25) is 0 Å². The molecule has 3 N–H and O–H groups in total. The Bertz CT molecular complexity index is 969. The molecule has 0 saturated heterocycles. The number of amides is 1. The number of aliphatic imine (C=N–C) groups is 1. The van der Waals surface area contributed by atoms with Crippen molar-refractivity contribution in [1.29, 1.82) is 0 Å². The van der Waals surface area contributed by atoms with Crippen molar-refractivity contribution in [2.45, 2.75) is 50.7 Å². The van der Waals surface area contributed by atoms with E-state index < -0.39 is 0 Å². The molecule has 1 aliphatic carbocycles. The van der Waals surface area contributed by atoms with Crippen LogP contribution < -0.4 is 25.4 Å². The first-order valence-electron chi connectivity index (χ1n) is 11.3. The number of hydrogen-bond donors (Lipinski definition) is 3. The van der Waals surface area contributed by atoms with Crippen LogP contribution in [-0.4, -0.2) is 38.7 Å². The van der Waals surface area contributed by atoms with Crippen molar-refractivity contribution in [1.82, 2.24) is 10.6 Å². The second-order valence-electron chi connectivity index (χ2n) is 8.35. The van der Waals surface area contributed by atoms with Crippen molar-refractivity contribution in [2.24, 2.45) is 4.99 Å². The lowest BCUT2D eigenvalue weighted by Gasteiger charge is -2.26. The average Bonchev–Trinajstić information content (AvgIpc) is 3.32. The summed E-state index contributed by atoms with van der Waals surface area (Å²) in [7, 11) is 3.42. The SMILES string of the molecule is CN=C(NCc1ccc(OC)c(OC2CCCC2)c1)NCC1CC(=O)Nc2ccccc21. The van der Waals surface area contributed by atoms with Crippen LogP contribution in [0, 0.1) is 0 Å². The van der Waals surface area contributed by atoms with Gasteiger partial charge in [0.05, 0.1) is 13.2 Å². The van der Waals surface area contributed by atoms with Gasteiger partial charge in [-0.05, 0) is 55.0 Å². The van der Waals surface area contributed by atoms with Crippen molar-refractivity contribution < 1.29 is 14.3 Å². The Hall–Kier alpha value is -3.22. The molecule has 7 heteroatoms. The third-order valence-corrected chi connectivity index (χ3v) is 6.13. The predicted molar refractivity (Wildman–Crippen MR) is 127 cm³/mol. The van der Waals surface area contributed by atoms with Crippen LogP contribution in [-0.2, 0) is 11.3 Å². The summed E-state index contributed by atoms with van der Waals surface area (Å²) in [5.74, 6) is 2.41. The maximum atomic E-state index is 12.1. The summed E-state index contributed by atoms with van der Waals surface area (Å²) in [4.78, 5) is 16.4. The molecule has 4 rings (SSSR count). The number of hydrogen-bond acceptors (Lipinski definition) is 4. The fraction of sp³-hybridized carbons (Fsp3) is 0.440. The number of fused-ring (bicyclic) bond motifs is 1. The summed E-state index contributed by atoms with van der Waals surface area (Å²) < 4.78 is 11.7. The van der Waals surface area contributed by atoms with Gasteiger partial charge in [0.15, 0.2) is 17.5 Å². The van der Waals surface area contributed by atoms with Gasteiger partial charge in [0, 0.05) is 38.2 Å². The van der Waals surface area contributed by atoms with Crippen molar-refractivity contribution in [3.05, 3.63) is 53.6 Å². The maximum absolute atomic E-state index is 12.1. The molecule has 0 aromatic heterocycles. The molecule has 1 aliphatic heterocycles. The zero-order valence-electron chi connectivity index (χ0n) is 18.8.